The highest BCUT2D eigenvalue weighted by Gasteiger charge is 2.29. The molecule has 0 aliphatic carbocycles. The molecule has 4 aromatic rings. The second-order valence-electron chi connectivity index (χ2n) is 11.3. The molecule has 5 rings (SSSR count). The summed E-state index contributed by atoms with van der Waals surface area (Å²) in [6.45, 7) is 7.01. The van der Waals surface area contributed by atoms with E-state index in [-0.39, 0.29) is 11.6 Å². The van der Waals surface area contributed by atoms with Crippen molar-refractivity contribution in [2.45, 2.75) is 51.8 Å². The molecule has 41 heavy (non-hydrogen) atoms. The molecule has 1 amide bonds. The smallest absolute Gasteiger partial charge is 0.407 e. The van der Waals surface area contributed by atoms with Gasteiger partial charge in [0.1, 0.15) is 16.6 Å². The van der Waals surface area contributed by atoms with Crippen LogP contribution in [0.15, 0.2) is 47.3 Å². The number of methoxy groups -OCH3 is 1. The number of fused-ring (bicyclic) bond motifs is 3. The fourth-order valence-corrected chi connectivity index (χ4v) is 5.50. The SMILES string of the molecule is COC(=O)c1ccc2c3nc(N4CCC[C@@H](NC(=O)OC(C)(C)C)C4)n(Cc4ccccc4Cl)c3c(=O)n(C)c2c1. The molecule has 2 aromatic carbocycles. The molecule has 10 nitrogen and oxygen atoms in total. The molecule has 0 bridgehead atoms. The maximum absolute atomic E-state index is 13.9. The molecule has 216 valence electrons. The van der Waals surface area contributed by atoms with Gasteiger partial charge in [0.05, 0.1) is 24.7 Å². The third-order valence-electron chi connectivity index (χ3n) is 7.20. The Kier molecular flexibility index (Phi) is 7.70. The van der Waals surface area contributed by atoms with Crippen molar-refractivity contribution in [3.63, 3.8) is 0 Å². The van der Waals surface area contributed by atoms with Gasteiger partial charge in [0.2, 0.25) is 5.95 Å². The zero-order valence-electron chi connectivity index (χ0n) is 23.9. The lowest BCUT2D eigenvalue weighted by molar-refractivity contribution is 0.0498. The molecular weight excluding hydrogens is 546 g/mol. The van der Waals surface area contributed by atoms with Gasteiger partial charge in [-0.2, -0.15) is 0 Å². The Morgan fingerprint density at radius 3 is 2.63 bits per heavy atom. The number of anilines is 1. The van der Waals surface area contributed by atoms with Crippen LogP contribution in [0.4, 0.5) is 10.7 Å². The summed E-state index contributed by atoms with van der Waals surface area (Å²) in [5.41, 5.74) is 1.88. The molecular formula is C30H34ClN5O5. The summed E-state index contributed by atoms with van der Waals surface area (Å²) in [6.07, 6.45) is 1.15. The van der Waals surface area contributed by atoms with Crippen LogP contribution in [0.2, 0.25) is 5.02 Å². The number of esters is 1. The summed E-state index contributed by atoms with van der Waals surface area (Å²) < 4.78 is 13.8. The van der Waals surface area contributed by atoms with Crippen molar-refractivity contribution >= 4 is 51.5 Å². The Morgan fingerprint density at radius 1 is 1.17 bits per heavy atom. The number of nitrogens with zero attached hydrogens (tertiary/aromatic N) is 4. The molecule has 0 radical (unpaired) electrons. The zero-order valence-corrected chi connectivity index (χ0v) is 24.6. The molecule has 1 aliphatic rings. The maximum atomic E-state index is 13.9. The summed E-state index contributed by atoms with van der Waals surface area (Å²) in [7, 11) is 3.00. The number of nitrogens with one attached hydrogen (secondary N) is 1. The number of pyridine rings is 1. The number of hydrogen-bond donors (Lipinski definition) is 1. The van der Waals surface area contributed by atoms with E-state index in [1.807, 2.05) is 49.6 Å². The van der Waals surface area contributed by atoms with Crippen LogP contribution in [0, 0.1) is 0 Å². The first-order valence-electron chi connectivity index (χ1n) is 13.6. The van der Waals surface area contributed by atoms with Crippen molar-refractivity contribution < 1.29 is 19.1 Å². The van der Waals surface area contributed by atoms with Gasteiger partial charge in [-0.25, -0.2) is 14.6 Å². The Labute approximate surface area is 242 Å². The van der Waals surface area contributed by atoms with E-state index in [9.17, 15) is 14.4 Å². The third-order valence-corrected chi connectivity index (χ3v) is 7.57. The number of ether oxygens (including phenoxy) is 2. The van der Waals surface area contributed by atoms with Crippen molar-refractivity contribution in [2.24, 2.45) is 7.05 Å². The van der Waals surface area contributed by atoms with E-state index in [0.717, 1.165) is 23.8 Å². The average molecular weight is 580 g/mol. The summed E-state index contributed by atoms with van der Waals surface area (Å²) in [5.74, 6) is 0.124. The number of piperidine rings is 1. The van der Waals surface area contributed by atoms with Crippen molar-refractivity contribution in [3.8, 4) is 0 Å². The lowest BCUT2D eigenvalue weighted by Crippen LogP contribution is -2.49. The quantitative estimate of drug-likeness (QED) is 0.336. The van der Waals surface area contributed by atoms with Gasteiger partial charge in [-0.15, -0.1) is 0 Å². The lowest BCUT2D eigenvalue weighted by Gasteiger charge is -2.34. The van der Waals surface area contributed by atoms with E-state index < -0.39 is 17.7 Å². The molecule has 0 unspecified atom stereocenters. The molecule has 1 aliphatic heterocycles. The van der Waals surface area contributed by atoms with Gasteiger partial charge in [0.25, 0.3) is 5.56 Å². The molecule has 3 heterocycles. The number of hydrogen-bond acceptors (Lipinski definition) is 7. The van der Waals surface area contributed by atoms with E-state index in [1.165, 1.54) is 11.7 Å². The third kappa shape index (κ3) is 5.74. The van der Waals surface area contributed by atoms with Crippen LogP contribution in [-0.4, -0.2) is 58.0 Å². The van der Waals surface area contributed by atoms with Crippen LogP contribution < -0.4 is 15.8 Å². The number of carbonyl (C=O) groups excluding carboxylic acids is 2. The molecule has 0 spiro atoms. The zero-order chi connectivity index (χ0) is 29.5. The van der Waals surface area contributed by atoms with Gasteiger partial charge in [-0.1, -0.05) is 29.8 Å². The minimum Gasteiger partial charge on any atom is -0.465 e. The van der Waals surface area contributed by atoms with Crippen LogP contribution in [0.25, 0.3) is 21.9 Å². The molecule has 1 fully saturated rings. The standard InChI is InChI=1S/C30H34ClN5O5/c1-30(2,3)41-29(39)32-20-10-8-14-35(17-20)28-33-24-21-13-12-18(27(38)40-5)15-23(21)34(4)26(37)25(24)36(28)16-19-9-6-7-11-22(19)31/h6-7,9,11-13,15,20H,8,10,14,16-17H2,1-5H3,(H,32,39)/t20-/m1/s1. The van der Waals surface area contributed by atoms with E-state index in [1.54, 1.807) is 25.2 Å². The van der Waals surface area contributed by atoms with Crippen molar-refractivity contribution in [1.29, 1.82) is 0 Å². The highest BCUT2D eigenvalue weighted by Crippen LogP contribution is 2.31. The first-order chi connectivity index (χ1) is 19.5. The van der Waals surface area contributed by atoms with Gasteiger partial charge in [-0.05, 0) is 63.4 Å². The second kappa shape index (κ2) is 11.1. The largest absolute Gasteiger partial charge is 0.465 e. The lowest BCUT2D eigenvalue weighted by atomic mass is 10.1. The van der Waals surface area contributed by atoms with Crippen molar-refractivity contribution in [2.75, 3.05) is 25.1 Å². The summed E-state index contributed by atoms with van der Waals surface area (Å²) in [5, 5.41) is 4.31. The number of carbonyl (C=O) groups is 2. The highest BCUT2D eigenvalue weighted by molar-refractivity contribution is 6.31. The van der Waals surface area contributed by atoms with Gasteiger partial charge < -0.3 is 28.8 Å². The Hall–Kier alpha value is -4.05. The van der Waals surface area contributed by atoms with E-state index in [0.29, 0.717) is 52.7 Å². The van der Waals surface area contributed by atoms with Crippen LogP contribution in [0.5, 0.6) is 0 Å². The second-order valence-corrected chi connectivity index (χ2v) is 11.7. The van der Waals surface area contributed by atoms with Gasteiger partial charge in [0.15, 0.2) is 0 Å². The first-order valence-corrected chi connectivity index (χ1v) is 13.9. The average Bonchev–Trinajstić information content (AvgIpc) is 3.30. The summed E-state index contributed by atoms with van der Waals surface area (Å²) in [6, 6.07) is 12.5. The monoisotopic (exact) mass is 579 g/mol. The number of alkyl carbamates (subject to hydrolysis) is 1. The first kappa shape index (κ1) is 28.5. The van der Waals surface area contributed by atoms with Crippen LogP contribution in [0.1, 0.15) is 49.5 Å². The minimum atomic E-state index is -0.601. The summed E-state index contributed by atoms with van der Waals surface area (Å²) in [4.78, 5) is 45.7. The van der Waals surface area contributed by atoms with Crippen LogP contribution >= 0.6 is 11.6 Å². The molecule has 0 saturated carbocycles. The Balaban J connectivity index is 1.64. The fraction of sp³-hybridized carbons (Fsp3) is 0.400. The minimum absolute atomic E-state index is 0.158. The number of aryl methyl sites for hydroxylation is 1. The predicted octanol–water partition coefficient (Wildman–Crippen LogP) is 4.87. The number of imidazole rings is 1. The van der Waals surface area contributed by atoms with E-state index >= 15 is 0 Å². The number of rotatable bonds is 5. The highest BCUT2D eigenvalue weighted by atomic mass is 35.5. The molecule has 11 heteroatoms. The number of amides is 1. The number of benzene rings is 2. The Bertz CT molecular complexity index is 1700. The van der Waals surface area contributed by atoms with Gasteiger partial charge >= 0.3 is 12.1 Å². The van der Waals surface area contributed by atoms with Crippen molar-refractivity contribution in [3.05, 3.63) is 69.0 Å². The van der Waals surface area contributed by atoms with Crippen molar-refractivity contribution in [1.82, 2.24) is 19.4 Å². The normalized spacial score (nSPS) is 15.8. The topological polar surface area (TPSA) is 108 Å². The van der Waals surface area contributed by atoms with Gasteiger partial charge in [0, 0.05) is 36.6 Å². The Morgan fingerprint density at radius 2 is 1.93 bits per heavy atom. The van der Waals surface area contributed by atoms with Crippen LogP contribution in [-0.2, 0) is 23.1 Å². The fourth-order valence-electron chi connectivity index (χ4n) is 5.31. The molecule has 1 N–H and O–H groups in total. The van der Waals surface area contributed by atoms with E-state index in [2.05, 4.69) is 10.2 Å². The molecule has 1 saturated heterocycles. The number of aromatic nitrogens is 3. The predicted molar refractivity (Wildman–Crippen MR) is 159 cm³/mol. The van der Waals surface area contributed by atoms with Gasteiger partial charge in [-0.3, -0.25) is 4.79 Å². The van der Waals surface area contributed by atoms with Crippen LogP contribution in [0.3, 0.4) is 0 Å². The molecule has 2 aromatic heterocycles. The number of halogens is 1. The summed E-state index contributed by atoms with van der Waals surface area (Å²) >= 11 is 6.55. The van der Waals surface area contributed by atoms with E-state index in [4.69, 9.17) is 26.1 Å². The maximum Gasteiger partial charge on any atom is 0.407 e. The molecule has 1 atom stereocenters.